The Kier molecular flexibility index (Phi) is 3.33. The van der Waals surface area contributed by atoms with E-state index in [2.05, 4.69) is 32.2 Å². The molecule has 2 rings (SSSR count). The molecule has 1 aliphatic rings. The first-order valence-corrected chi connectivity index (χ1v) is 6.57. The predicted octanol–water partition coefficient (Wildman–Crippen LogP) is 3.15. The van der Waals surface area contributed by atoms with Crippen LogP contribution in [0.4, 0.5) is 11.4 Å². The Morgan fingerprint density at radius 1 is 1.33 bits per heavy atom. The van der Waals surface area contributed by atoms with Gasteiger partial charge in [0.25, 0.3) is 0 Å². The number of nitrogens with zero attached hydrogens (tertiary/aromatic N) is 1. The number of fused-ring (bicyclic) bond motifs is 1. The molecule has 3 nitrogen and oxygen atoms in total. The lowest BCUT2D eigenvalue weighted by atomic mass is 9.85. The van der Waals surface area contributed by atoms with Crippen LogP contribution in [0.2, 0.25) is 0 Å². The smallest absolute Gasteiger partial charge is 0.223 e. The van der Waals surface area contributed by atoms with E-state index in [0.717, 1.165) is 30.9 Å². The third-order valence-electron chi connectivity index (χ3n) is 3.38. The minimum absolute atomic E-state index is 0.0745. The molecule has 0 saturated carbocycles. The highest BCUT2D eigenvalue weighted by Crippen LogP contribution is 2.38. The molecule has 0 fully saturated rings. The number of carbonyl (C=O) groups excluding carboxylic acids is 1. The monoisotopic (exact) mass is 246 g/mol. The maximum Gasteiger partial charge on any atom is 0.223 e. The van der Waals surface area contributed by atoms with Crippen LogP contribution in [0, 0.1) is 0 Å². The molecule has 0 aliphatic carbocycles. The number of nitrogens with one attached hydrogen (secondary N) is 1. The molecular weight excluding hydrogens is 224 g/mol. The second-order valence-corrected chi connectivity index (χ2v) is 5.90. The van der Waals surface area contributed by atoms with Gasteiger partial charge in [0.15, 0.2) is 0 Å². The fourth-order valence-corrected chi connectivity index (χ4v) is 2.47. The van der Waals surface area contributed by atoms with Gasteiger partial charge < -0.3 is 10.2 Å². The van der Waals surface area contributed by atoms with Crippen molar-refractivity contribution in [3.05, 3.63) is 23.8 Å². The van der Waals surface area contributed by atoms with Crippen LogP contribution in [-0.4, -0.2) is 19.0 Å². The molecule has 1 aromatic rings. The average Bonchev–Trinajstić information content (AvgIpc) is 2.48. The fraction of sp³-hybridized carbons (Fsp3) is 0.533. The largest absolute Gasteiger partial charge is 0.383 e. The highest BCUT2D eigenvalue weighted by molar-refractivity contribution is 5.96. The van der Waals surface area contributed by atoms with Crippen molar-refractivity contribution in [2.75, 3.05) is 23.3 Å². The molecule has 0 spiro atoms. The first-order chi connectivity index (χ1) is 8.41. The first-order valence-electron chi connectivity index (χ1n) is 6.57. The number of rotatable bonds is 0. The van der Waals surface area contributed by atoms with Crippen molar-refractivity contribution in [1.29, 1.82) is 0 Å². The summed E-state index contributed by atoms with van der Waals surface area (Å²) in [6, 6.07) is 6.22. The van der Waals surface area contributed by atoms with Gasteiger partial charge in [-0.3, -0.25) is 4.79 Å². The van der Waals surface area contributed by atoms with E-state index in [1.165, 1.54) is 5.56 Å². The summed E-state index contributed by atoms with van der Waals surface area (Å²) in [5.74, 6) is 0.117. The lowest BCUT2D eigenvalue weighted by Crippen LogP contribution is -2.29. The topological polar surface area (TPSA) is 32.3 Å². The minimum Gasteiger partial charge on any atom is -0.383 e. The lowest BCUT2D eigenvalue weighted by molar-refractivity contribution is -0.116. The van der Waals surface area contributed by atoms with Crippen LogP contribution in [0.15, 0.2) is 18.2 Å². The van der Waals surface area contributed by atoms with E-state index in [0.29, 0.717) is 0 Å². The van der Waals surface area contributed by atoms with Crippen LogP contribution >= 0.6 is 0 Å². The summed E-state index contributed by atoms with van der Waals surface area (Å²) in [5, 5.41) is 3.49. The van der Waals surface area contributed by atoms with E-state index in [1.54, 1.807) is 6.92 Å². The van der Waals surface area contributed by atoms with Crippen molar-refractivity contribution in [3.8, 4) is 0 Å². The van der Waals surface area contributed by atoms with Gasteiger partial charge in [-0.15, -0.1) is 0 Å². The molecule has 0 bridgehead atoms. The van der Waals surface area contributed by atoms with Gasteiger partial charge in [0.05, 0.1) is 11.4 Å². The van der Waals surface area contributed by atoms with Gasteiger partial charge in [-0.25, -0.2) is 0 Å². The van der Waals surface area contributed by atoms with E-state index in [1.807, 2.05) is 17.0 Å². The molecule has 1 aliphatic heterocycles. The van der Waals surface area contributed by atoms with E-state index >= 15 is 0 Å². The summed E-state index contributed by atoms with van der Waals surface area (Å²) >= 11 is 0. The highest BCUT2D eigenvalue weighted by atomic mass is 16.2. The van der Waals surface area contributed by atoms with Crippen molar-refractivity contribution in [1.82, 2.24) is 0 Å². The zero-order valence-corrected chi connectivity index (χ0v) is 11.7. The van der Waals surface area contributed by atoms with Crippen LogP contribution < -0.4 is 10.2 Å². The summed E-state index contributed by atoms with van der Waals surface area (Å²) in [5.41, 5.74) is 3.49. The number of para-hydroxylation sites is 1. The maximum atomic E-state index is 11.8. The number of hydrogen-bond donors (Lipinski definition) is 1. The molecule has 0 radical (unpaired) electrons. The number of hydrogen-bond acceptors (Lipinski definition) is 2. The van der Waals surface area contributed by atoms with Crippen LogP contribution in [-0.2, 0) is 10.2 Å². The second kappa shape index (κ2) is 4.63. The van der Waals surface area contributed by atoms with E-state index in [4.69, 9.17) is 0 Å². The first kappa shape index (κ1) is 12.9. The molecule has 0 aromatic heterocycles. The maximum absolute atomic E-state index is 11.8. The second-order valence-electron chi connectivity index (χ2n) is 5.90. The molecule has 0 unspecified atom stereocenters. The van der Waals surface area contributed by atoms with E-state index < -0.39 is 0 Å². The average molecular weight is 246 g/mol. The Morgan fingerprint density at radius 2 is 2.06 bits per heavy atom. The quantitative estimate of drug-likeness (QED) is 0.762. The summed E-state index contributed by atoms with van der Waals surface area (Å²) < 4.78 is 0. The molecular formula is C15H22N2O. The van der Waals surface area contributed by atoms with Gasteiger partial charge in [-0.1, -0.05) is 32.9 Å². The summed E-state index contributed by atoms with van der Waals surface area (Å²) in [6.07, 6.45) is 0.984. The number of amides is 1. The van der Waals surface area contributed by atoms with Crippen LogP contribution in [0.5, 0.6) is 0 Å². The number of anilines is 2. The zero-order valence-electron chi connectivity index (χ0n) is 11.7. The normalized spacial score (nSPS) is 15.7. The Bertz CT molecular complexity index is 460. The number of carbonyl (C=O) groups is 1. The Balaban J connectivity index is 2.57. The Labute approximate surface area is 109 Å². The van der Waals surface area contributed by atoms with Gasteiger partial charge in [0.2, 0.25) is 5.91 Å². The third-order valence-corrected chi connectivity index (χ3v) is 3.38. The van der Waals surface area contributed by atoms with Gasteiger partial charge in [-0.05, 0) is 23.5 Å². The van der Waals surface area contributed by atoms with Crippen molar-refractivity contribution in [2.45, 2.75) is 39.5 Å². The third kappa shape index (κ3) is 2.35. The fourth-order valence-electron chi connectivity index (χ4n) is 2.47. The SMILES string of the molecule is CC(=O)N1CCCNc2c1cccc2C(C)(C)C. The van der Waals surface area contributed by atoms with Crippen molar-refractivity contribution in [3.63, 3.8) is 0 Å². The van der Waals surface area contributed by atoms with Gasteiger partial charge >= 0.3 is 0 Å². The van der Waals surface area contributed by atoms with Gasteiger partial charge in [0.1, 0.15) is 0 Å². The summed E-state index contributed by atoms with van der Waals surface area (Å²) in [7, 11) is 0. The van der Waals surface area contributed by atoms with Crippen molar-refractivity contribution in [2.24, 2.45) is 0 Å². The van der Waals surface area contributed by atoms with Crippen LogP contribution in [0.25, 0.3) is 0 Å². The van der Waals surface area contributed by atoms with Crippen molar-refractivity contribution < 1.29 is 4.79 Å². The Hall–Kier alpha value is -1.51. The van der Waals surface area contributed by atoms with Crippen LogP contribution in [0.1, 0.15) is 39.7 Å². The molecule has 98 valence electrons. The van der Waals surface area contributed by atoms with Crippen LogP contribution in [0.3, 0.4) is 0 Å². The van der Waals surface area contributed by atoms with Gasteiger partial charge in [0, 0.05) is 20.0 Å². The Morgan fingerprint density at radius 3 is 2.67 bits per heavy atom. The molecule has 1 N–H and O–H groups in total. The molecule has 3 heteroatoms. The summed E-state index contributed by atoms with van der Waals surface area (Å²) in [4.78, 5) is 13.7. The lowest BCUT2D eigenvalue weighted by Gasteiger charge is -2.27. The highest BCUT2D eigenvalue weighted by Gasteiger charge is 2.25. The molecule has 1 amide bonds. The van der Waals surface area contributed by atoms with Crippen molar-refractivity contribution >= 4 is 17.3 Å². The molecule has 18 heavy (non-hydrogen) atoms. The zero-order chi connectivity index (χ0) is 13.3. The number of benzene rings is 1. The summed E-state index contributed by atoms with van der Waals surface area (Å²) in [6.45, 7) is 9.96. The predicted molar refractivity (Wildman–Crippen MR) is 76.3 cm³/mol. The van der Waals surface area contributed by atoms with Gasteiger partial charge in [-0.2, -0.15) is 0 Å². The van der Waals surface area contributed by atoms with E-state index in [9.17, 15) is 4.79 Å². The molecule has 1 aromatic carbocycles. The molecule has 0 atom stereocenters. The standard InChI is InChI=1S/C15H22N2O/c1-11(18)17-10-6-9-16-14-12(15(2,3)4)7-5-8-13(14)17/h5,7-8,16H,6,9-10H2,1-4H3. The van der Waals surface area contributed by atoms with E-state index in [-0.39, 0.29) is 11.3 Å². The molecule has 0 saturated heterocycles. The minimum atomic E-state index is 0.0745. The molecule has 1 heterocycles.